The van der Waals surface area contributed by atoms with Crippen LogP contribution in [0.15, 0.2) is 91.0 Å². The molecule has 3 aromatic rings. The van der Waals surface area contributed by atoms with E-state index in [1.54, 1.807) is 4.90 Å². The van der Waals surface area contributed by atoms with Gasteiger partial charge in [-0.15, -0.1) is 0 Å². The Morgan fingerprint density at radius 2 is 1.27 bits per heavy atom. The Morgan fingerprint density at radius 1 is 0.800 bits per heavy atom. The van der Waals surface area contributed by atoms with Gasteiger partial charge in [0.15, 0.2) is 12.4 Å². The summed E-state index contributed by atoms with van der Waals surface area (Å²) in [6, 6.07) is 28.4. The van der Waals surface area contributed by atoms with E-state index in [1.807, 2.05) is 98.0 Å². The number of carbonyl (C=O) groups is 2. The Kier molecular flexibility index (Phi) is 11.0. The number of carbonyl (C=O) groups excluding carboxylic acids is 2. The van der Waals surface area contributed by atoms with Gasteiger partial charge in [0.05, 0.1) is 25.9 Å². The first-order chi connectivity index (χ1) is 19.5. The Morgan fingerprint density at radius 3 is 1.77 bits per heavy atom. The van der Waals surface area contributed by atoms with Crippen LogP contribution >= 0.6 is 0 Å². The molecule has 1 aliphatic rings. The van der Waals surface area contributed by atoms with E-state index >= 15 is 0 Å². The van der Waals surface area contributed by atoms with Gasteiger partial charge in [-0.25, -0.2) is 0 Å². The number of hydrogen-bond donors (Lipinski definition) is 1. The van der Waals surface area contributed by atoms with Gasteiger partial charge in [-0.1, -0.05) is 91.0 Å². The number of rotatable bonds is 14. The molecule has 0 spiro atoms. The topological polar surface area (TPSA) is 88.5 Å². The predicted molar refractivity (Wildman–Crippen MR) is 151 cm³/mol. The van der Waals surface area contributed by atoms with Crippen LogP contribution in [0, 0.1) is 0 Å². The molecule has 3 atom stereocenters. The molecular formula is C32H38N2O6. The zero-order valence-corrected chi connectivity index (χ0v) is 22.9. The molecule has 8 nitrogen and oxygen atoms in total. The quantitative estimate of drug-likeness (QED) is 0.245. The lowest BCUT2D eigenvalue weighted by molar-refractivity contribution is -0.223. The summed E-state index contributed by atoms with van der Waals surface area (Å²) < 4.78 is 18.3. The van der Waals surface area contributed by atoms with E-state index in [1.165, 1.54) is 0 Å². The van der Waals surface area contributed by atoms with Gasteiger partial charge in [-0.2, -0.15) is 0 Å². The third kappa shape index (κ3) is 8.81. The zero-order valence-electron chi connectivity index (χ0n) is 22.9. The van der Waals surface area contributed by atoms with Crippen LogP contribution in [0.3, 0.4) is 0 Å². The first kappa shape index (κ1) is 29.6. The van der Waals surface area contributed by atoms with Crippen LogP contribution < -0.4 is 0 Å². The Hall–Kier alpha value is -3.40. The van der Waals surface area contributed by atoms with Crippen molar-refractivity contribution in [2.24, 2.45) is 0 Å². The zero-order chi connectivity index (χ0) is 28.2. The molecule has 1 fully saturated rings. The number of piperazine rings is 1. The summed E-state index contributed by atoms with van der Waals surface area (Å²) in [4.78, 5) is 30.0. The highest BCUT2D eigenvalue weighted by atomic mass is 16.6. The van der Waals surface area contributed by atoms with Crippen molar-refractivity contribution in [2.75, 3.05) is 33.2 Å². The highest BCUT2D eigenvalue weighted by Gasteiger charge is 2.41. The van der Waals surface area contributed by atoms with Gasteiger partial charge in [0.1, 0.15) is 0 Å². The monoisotopic (exact) mass is 546 g/mol. The molecule has 1 heterocycles. The summed E-state index contributed by atoms with van der Waals surface area (Å²) in [5.41, 5.74) is 2.59. The molecule has 1 N–H and O–H groups in total. The van der Waals surface area contributed by atoms with Crippen LogP contribution in [0.4, 0.5) is 0 Å². The van der Waals surface area contributed by atoms with Crippen LogP contribution in [0.2, 0.25) is 0 Å². The summed E-state index contributed by atoms with van der Waals surface area (Å²) in [7, 11) is 2.02. The van der Waals surface area contributed by atoms with Crippen LogP contribution in [0.5, 0.6) is 0 Å². The van der Waals surface area contributed by atoms with Crippen molar-refractivity contribution in [3.63, 3.8) is 0 Å². The van der Waals surface area contributed by atoms with Crippen molar-refractivity contribution in [1.29, 1.82) is 0 Å². The van der Waals surface area contributed by atoms with Gasteiger partial charge in [-0.3, -0.25) is 9.59 Å². The van der Waals surface area contributed by atoms with Gasteiger partial charge in [-0.05, 0) is 23.7 Å². The fraction of sp³-hybridized carbons (Fsp3) is 0.375. The number of nitrogens with zero attached hydrogens (tertiary/aromatic N) is 2. The second-order valence-corrected chi connectivity index (χ2v) is 10.1. The summed E-state index contributed by atoms with van der Waals surface area (Å²) in [5.74, 6) is -2.42. The molecule has 40 heavy (non-hydrogen) atoms. The molecule has 212 valence electrons. The van der Waals surface area contributed by atoms with Gasteiger partial charge in [0.25, 0.3) is 5.91 Å². The van der Waals surface area contributed by atoms with E-state index in [-0.39, 0.29) is 32.1 Å². The first-order valence-corrected chi connectivity index (χ1v) is 13.6. The van der Waals surface area contributed by atoms with Crippen LogP contribution in [0.25, 0.3) is 0 Å². The second kappa shape index (κ2) is 14.8. The number of ether oxygens (including phenoxy) is 3. The maximum atomic E-state index is 13.9. The van der Waals surface area contributed by atoms with Crippen molar-refractivity contribution in [3.8, 4) is 0 Å². The third-order valence-electron chi connectivity index (χ3n) is 6.98. The first-order valence-electron chi connectivity index (χ1n) is 13.6. The molecule has 0 saturated carbocycles. The molecular weight excluding hydrogens is 508 g/mol. The van der Waals surface area contributed by atoms with E-state index in [9.17, 15) is 14.7 Å². The maximum absolute atomic E-state index is 13.9. The normalized spacial score (nSPS) is 17.1. The summed E-state index contributed by atoms with van der Waals surface area (Å²) in [6.07, 6.45) is -1.96. The van der Waals surface area contributed by atoms with E-state index < -0.39 is 18.0 Å². The highest BCUT2D eigenvalue weighted by Crippen LogP contribution is 2.24. The van der Waals surface area contributed by atoms with Crippen LogP contribution in [-0.2, 0) is 43.6 Å². The molecule has 1 amide bonds. The summed E-state index contributed by atoms with van der Waals surface area (Å²) in [6.45, 7) is 2.93. The van der Waals surface area contributed by atoms with Crippen molar-refractivity contribution >= 4 is 12.2 Å². The Balaban J connectivity index is 1.58. The van der Waals surface area contributed by atoms with Gasteiger partial charge >= 0.3 is 0 Å². The average Bonchev–Trinajstić information content (AvgIpc) is 3.00. The lowest BCUT2D eigenvalue weighted by atomic mass is 10.0. The van der Waals surface area contributed by atoms with E-state index in [0.717, 1.165) is 29.8 Å². The van der Waals surface area contributed by atoms with Gasteiger partial charge < -0.3 is 29.1 Å². The van der Waals surface area contributed by atoms with Gasteiger partial charge in [0, 0.05) is 32.6 Å². The smallest absolute Gasteiger partial charge is 0.254 e. The van der Waals surface area contributed by atoms with Crippen LogP contribution in [-0.4, -0.2) is 78.3 Å². The fourth-order valence-corrected chi connectivity index (χ4v) is 4.55. The van der Waals surface area contributed by atoms with Crippen LogP contribution in [0.1, 0.15) is 23.1 Å². The minimum atomic E-state index is -2.19. The standard InChI is InChI=1S/C32H38N2O6/c1-33-17-19-34(20-18-33)31(36)30(39-23-27-13-7-3-8-14-27)29(38-22-26-11-5-2-6-12-26)21-32(37,25-35)40-24-28-15-9-4-10-16-28/h2-16,25,29-30,37H,17-24H2,1H3/t29-,30+,32?/m0/s1. The highest BCUT2D eigenvalue weighted by molar-refractivity contribution is 5.82. The molecule has 0 radical (unpaired) electrons. The largest absolute Gasteiger partial charge is 0.370 e. The molecule has 3 aromatic carbocycles. The number of aliphatic hydroxyl groups is 1. The van der Waals surface area contributed by atoms with E-state index in [4.69, 9.17) is 14.2 Å². The lowest BCUT2D eigenvalue weighted by Gasteiger charge is -2.37. The lowest BCUT2D eigenvalue weighted by Crippen LogP contribution is -2.55. The summed E-state index contributed by atoms with van der Waals surface area (Å²) in [5, 5.41) is 11.3. The predicted octanol–water partition coefficient (Wildman–Crippen LogP) is 3.43. The third-order valence-corrected chi connectivity index (χ3v) is 6.98. The SMILES string of the molecule is CN1CCN(C(=O)[C@H](OCc2ccccc2)[C@H](CC(O)(C=O)OCc2ccccc2)OCc2ccccc2)CC1. The molecule has 1 aliphatic heterocycles. The van der Waals surface area contributed by atoms with Crippen molar-refractivity contribution in [2.45, 2.75) is 44.2 Å². The molecule has 8 heteroatoms. The van der Waals surface area contributed by atoms with Gasteiger partial charge in [0.2, 0.25) is 5.79 Å². The minimum Gasteiger partial charge on any atom is -0.370 e. The van der Waals surface area contributed by atoms with E-state index in [0.29, 0.717) is 19.4 Å². The molecule has 0 aliphatic carbocycles. The summed E-state index contributed by atoms with van der Waals surface area (Å²) >= 11 is 0. The Bertz CT molecular complexity index is 1170. The van der Waals surface area contributed by atoms with E-state index in [2.05, 4.69) is 4.90 Å². The number of likely N-dealkylation sites (N-methyl/N-ethyl adjacent to an activating group) is 1. The van der Waals surface area contributed by atoms with Crippen molar-refractivity contribution in [1.82, 2.24) is 9.80 Å². The maximum Gasteiger partial charge on any atom is 0.254 e. The second-order valence-electron chi connectivity index (χ2n) is 10.1. The fourth-order valence-electron chi connectivity index (χ4n) is 4.55. The minimum absolute atomic E-state index is 0.0173. The number of hydrogen-bond acceptors (Lipinski definition) is 7. The molecule has 0 aromatic heterocycles. The van der Waals surface area contributed by atoms with Crippen molar-refractivity contribution in [3.05, 3.63) is 108 Å². The molecule has 1 saturated heterocycles. The molecule has 1 unspecified atom stereocenters. The molecule has 0 bridgehead atoms. The Labute approximate surface area is 236 Å². The number of benzene rings is 3. The molecule has 4 rings (SSSR count). The van der Waals surface area contributed by atoms with Crippen molar-refractivity contribution < 1.29 is 28.9 Å². The number of amides is 1. The number of aldehydes is 1. The average molecular weight is 547 g/mol.